The molecule has 0 aliphatic rings. The number of hydrogen-bond acceptors (Lipinski definition) is 4. The molecule has 0 saturated heterocycles. The van der Waals surface area contributed by atoms with E-state index in [-0.39, 0.29) is 63.6 Å². The van der Waals surface area contributed by atoms with E-state index in [1.165, 1.54) is 6.07 Å². The van der Waals surface area contributed by atoms with Crippen LogP contribution in [0.15, 0.2) is 11.8 Å². The molecule has 0 aliphatic heterocycles. The van der Waals surface area contributed by atoms with Crippen molar-refractivity contribution in [2.45, 2.75) is 6.92 Å². The van der Waals surface area contributed by atoms with Crippen LogP contribution >= 0.6 is 0 Å². The molecule has 0 radical (unpaired) electrons. The van der Waals surface area contributed by atoms with Crippen molar-refractivity contribution < 1.29 is 14.6 Å². The molecule has 0 spiro atoms. The molecule has 4 nitrogen and oxygen atoms in total. The van der Waals surface area contributed by atoms with Gasteiger partial charge in [0.2, 0.25) is 0 Å². The normalized spacial score (nSPS) is 9.27. The molecule has 0 aliphatic carbocycles. The van der Waals surface area contributed by atoms with Gasteiger partial charge in [-0.15, -0.1) is 0 Å². The summed E-state index contributed by atoms with van der Waals surface area (Å²) in [6, 6.07) is 1.47. The maximum absolute atomic E-state index is 10.5. The summed E-state index contributed by atoms with van der Waals surface area (Å²) in [5.74, 6) is -0.799. The van der Waals surface area contributed by atoms with E-state index in [9.17, 15) is 4.79 Å². The molecular formula is C6H8KNO3. The van der Waals surface area contributed by atoms with Crippen LogP contribution in [0.4, 0.5) is 0 Å². The first-order chi connectivity index (χ1) is 4.76. The standard InChI is InChI=1S/C6H7NO3.K.H/c1-2-10-6(9)5(3-7)4-8;;/h4,8H,2H2,1H3;;/b5-4+;;. The minimum atomic E-state index is -0.799. The van der Waals surface area contributed by atoms with Crippen molar-refractivity contribution in [1.29, 1.82) is 5.26 Å². The Hall–Kier alpha value is 0.136. The Balaban J connectivity index is 0. The number of carbonyl (C=O) groups is 1. The molecule has 0 aromatic carbocycles. The van der Waals surface area contributed by atoms with Crippen LogP contribution in [0, 0.1) is 11.3 Å². The van der Waals surface area contributed by atoms with E-state index in [2.05, 4.69) is 4.74 Å². The van der Waals surface area contributed by atoms with Gasteiger partial charge >= 0.3 is 57.4 Å². The monoisotopic (exact) mass is 181 g/mol. The topological polar surface area (TPSA) is 70.3 Å². The predicted octanol–water partition coefficient (Wildman–Crippen LogP) is -0.134. The number of aliphatic hydroxyl groups excluding tert-OH is 1. The van der Waals surface area contributed by atoms with Crippen LogP contribution in [0.25, 0.3) is 0 Å². The van der Waals surface area contributed by atoms with E-state index in [0.29, 0.717) is 6.26 Å². The fourth-order valence-corrected chi connectivity index (χ4v) is 0.336. The van der Waals surface area contributed by atoms with E-state index in [1.807, 2.05) is 0 Å². The van der Waals surface area contributed by atoms with Gasteiger partial charge in [-0.05, 0) is 6.92 Å². The third kappa shape index (κ3) is 5.41. The Morgan fingerprint density at radius 3 is 2.64 bits per heavy atom. The van der Waals surface area contributed by atoms with Crippen molar-refractivity contribution in [1.82, 2.24) is 0 Å². The van der Waals surface area contributed by atoms with Gasteiger partial charge in [0.1, 0.15) is 12.3 Å². The molecule has 0 bridgehead atoms. The zero-order valence-electron chi connectivity index (χ0n) is 5.50. The van der Waals surface area contributed by atoms with Crippen LogP contribution in [0.1, 0.15) is 6.92 Å². The third-order valence-electron chi connectivity index (χ3n) is 0.745. The molecule has 5 heteroatoms. The van der Waals surface area contributed by atoms with Crippen molar-refractivity contribution in [3.63, 3.8) is 0 Å². The van der Waals surface area contributed by atoms with Gasteiger partial charge in [0.05, 0.1) is 6.61 Å². The van der Waals surface area contributed by atoms with Crippen LogP contribution in [-0.2, 0) is 9.53 Å². The van der Waals surface area contributed by atoms with Crippen molar-refractivity contribution >= 4 is 57.4 Å². The van der Waals surface area contributed by atoms with Gasteiger partial charge in [-0.3, -0.25) is 0 Å². The summed E-state index contributed by atoms with van der Waals surface area (Å²) in [5.41, 5.74) is -0.387. The molecule has 11 heavy (non-hydrogen) atoms. The zero-order valence-corrected chi connectivity index (χ0v) is 5.50. The molecule has 0 aromatic rings. The number of carbonyl (C=O) groups excluding carboxylic acids is 1. The third-order valence-corrected chi connectivity index (χ3v) is 0.745. The van der Waals surface area contributed by atoms with Gasteiger partial charge in [-0.2, -0.15) is 5.26 Å². The number of esters is 1. The van der Waals surface area contributed by atoms with Gasteiger partial charge in [0.15, 0.2) is 5.57 Å². The van der Waals surface area contributed by atoms with Crippen LogP contribution in [0.2, 0.25) is 0 Å². The average molecular weight is 181 g/mol. The quantitative estimate of drug-likeness (QED) is 0.212. The van der Waals surface area contributed by atoms with Crippen LogP contribution in [0.5, 0.6) is 0 Å². The van der Waals surface area contributed by atoms with Crippen molar-refractivity contribution in [3.8, 4) is 6.07 Å². The maximum atomic E-state index is 10.5. The molecule has 0 heterocycles. The fourth-order valence-electron chi connectivity index (χ4n) is 0.336. The Labute approximate surface area is 107 Å². The molecule has 0 saturated carbocycles. The van der Waals surface area contributed by atoms with E-state index in [1.54, 1.807) is 6.92 Å². The molecule has 0 amide bonds. The molecule has 0 rings (SSSR count). The van der Waals surface area contributed by atoms with Gasteiger partial charge in [0, 0.05) is 0 Å². The summed E-state index contributed by atoms with van der Waals surface area (Å²) >= 11 is 0. The predicted molar refractivity (Wildman–Crippen MR) is 40.1 cm³/mol. The molecular weight excluding hydrogens is 173 g/mol. The number of nitrogens with zero attached hydrogens (tertiary/aromatic N) is 1. The first-order valence-corrected chi connectivity index (χ1v) is 2.67. The van der Waals surface area contributed by atoms with Gasteiger partial charge in [-0.25, -0.2) is 4.79 Å². The molecule has 1 N–H and O–H groups in total. The summed E-state index contributed by atoms with van der Waals surface area (Å²) in [7, 11) is 0. The zero-order chi connectivity index (χ0) is 7.98. The number of rotatable bonds is 2. The van der Waals surface area contributed by atoms with Crippen molar-refractivity contribution in [2.24, 2.45) is 0 Å². The summed E-state index contributed by atoms with van der Waals surface area (Å²) in [6.45, 7) is 1.81. The summed E-state index contributed by atoms with van der Waals surface area (Å²) in [5, 5.41) is 16.4. The first kappa shape index (κ1) is 13.7. The molecule has 0 fully saturated rings. The number of hydrogen-bond donors (Lipinski definition) is 1. The second-order valence-electron chi connectivity index (χ2n) is 1.38. The van der Waals surface area contributed by atoms with Crippen molar-refractivity contribution in [2.75, 3.05) is 6.61 Å². The summed E-state index contributed by atoms with van der Waals surface area (Å²) in [6.07, 6.45) is 0.429. The Bertz CT molecular complexity index is 194. The van der Waals surface area contributed by atoms with Gasteiger partial charge in [0.25, 0.3) is 0 Å². The van der Waals surface area contributed by atoms with Gasteiger partial charge in [-0.1, -0.05) is 0 Å². The van der Waals surface area contributed by atoms with E-state index in [4.69, 9.17) is 10.4 Å². The van der Waals surface area contributed by atoms with Crippen LogP contribution < -0.4 is 0 Å². The molecule has 56 valence electrons. The molecule has 0 unspecified atom stereocenters. The Kier molecular flexibility index (Phi) is 10.3. The van der Waals surface area contributed by atoms with E-state index >= 15 is 0 Å². The van der Waals surface area contributed by atoms with Gasteiger partial charge < -0.3 is 9.84 Å². The molecule has 0 atom stereocenters. The minimum absolute atomic E-state index is 0. The van der Waals surface area contributed by atoms with Crippen LogP contribution in [-0.4, -0.2) is 69.1 Å². The SMILES string of the molecule is CCOC(=O)/C(C#N)=C/O.[KH]. The van der Waals surface area contributed by atoms with E-state index in [0.717, 1.165) is 0 Å². The van der Waals surface area contributed by atoms with E-state index < -0.39 is 5.97 Å². The first-order valence-electron chi connectivity index (χ1n) is 2.67. The number of ether oxygens (including phenoxy) is 1. The second-order valence-corrected chi connectivity index (χ2v) is 1.38. The number of aliphatic hydroxyl groups is 1. The van der Waals surface area contributed by atoms with Crippen molar-refractivity contribution in [3.05, 3.63) is 11.8 Å². The summed E-state index contributed by atoms with van der Waals surface area (Å²) < 4.78 is 4.40. The Morgan fingerprint density at radius 1 is 1.82 bits per heavy atom. The summed E-state index contributed by atoms with van der Waals surface area (Å²) in [4.78, 5) is 10.5. The second kappa shape index (κ2) is 8.24. The fraction of sp³-hybridized carbons (Fsp3) is 0.333. The van der Waals surface area contributed by atoms with Crippen LogP contribution in [0.3, 0.4) is 0 Å². The molecule has 0 aromatic heterocycles. The number of nitriles is 1. The Morgan fingerprint density at radius 2 is 2.36 bits per heavy atom. The average Bonchev–Trinajstić information content (AvgIpc) is 1.91.